The Morgan fingerprint density at radius 1 is 1.45 bits per heavy atom. The molecule has 2 aromatic rings. The van der Waals surface area contributed by atoms with E-state index in [1.807, 2.05) is 16.8 Å². The zero-order chi connectivity index (χ0) is 15.5. The van der Waals surface area contributed by atoms with Gasteiger partial charge >= 0.3 is 0 Å². The number of hydrogen-bond acceptors (Lipinski definition) is 5. The van der Waals surface area contributed by atoms with Crippen LogP contribution in [-0.2, 0) is 6.67 Å². The van der Waals surface area contributed by atoms with Crippen LogP contribution in [0, 0.1) is 16.8 Å². The summed E-state index contributed by atoms with van der Waals surface area (Å²) >= 11 is 6.99. The Bertz CT molecular complexity index is 687. The summed E-state index contributed by atoms with van der Waals surface area (Å²) in [5.74, 6) is 0.887. The summed E-state index contributed by atoms with van der Waals surface area (Å²) in [5, 5.41) is 8.84. The molecule has 0 atom stereocenters. The van der Waals surface area contributed by atoms with Crippen molar-refractivity contribution in [1.82, 2.24) is 14.7 Å². The highest BCUT2D eigenvalue weighted by molar-refractivity contribution is 7.73. The number of rotatable bonds is 7. The van der Waals surface area contributed by atoms with E-state index in [1.165, 1.54) is 29.7 Å². The molecule has 1 aliphatic rings. The van der Waals surface area contributed by atoms with E-state index >= 15 is 0 Å². The first-order valence-electron chi connectivity index (χ1n) is 7.78. The zero-order valence-corrected chi connectivity index (χ0v) is 14.7. The zero-order valence-electron chi connectivity index (χ0n) is 13.1. The van der Waals surface area contributed by atoms with Gasteiger partial charge in [-0.1, -0.05) is 30.4 Å². The van der Waals surface area contributed by atoms with Gasteiger partial charge in [0, 0.05) is 12.2 Å². The van der Waals surface area contributed by atoms with Crippen LogP contribution in [0.3, 0.4) is 0 Å². The largest absolute Gasteiger partial charge is 0.330 e. The molecule has 0 unspecified atom stereocenters. The van der Waals surface area contributed by atoms with Crippen LogP contribution in [-0.4, -0.2) is 27.8 Å². The topological polar surface area (TPSA) is 33.1 Å². The molecule has 1 aromatic carbocycles. The summed E-state index contributed by atoms with van der Waals surface area (Å²) < 4.78 is 2.76. The van der Waals surface area contributed by atoms with E-state index in [2.05, 4.69) is 41.3 Å². The second-order valence-corrected chi connectivity index (χ2v) is 7.54. The van der Waals surface area contributed by atoms with E-state index in [1.54, 1.807) is 0 Å². The molecule has 118 valence electrons. The second kappa shape index (κ2) is 6.89. The molecule has 1 saturated carbocycles. The van der Waals surface area contributed by atoms with Crippen molar-refractivity contribution >= 4 is 34.4 Å². The molecule has 22 heavy (non-hydrogen) atoms. The van der Waals surface area contributed by atoms with Crippen LogP contribution < -0.4 is 5.32 Å². The minimum Gasteiger partial charge on any atom is -0.330 e. The Morgan fingerprint density at radius 3 is 2.95 bits per heavy atom. The molecule has 0 aliphatic heterocycles. The maximum absolute atomic E-state index is 5.46. The van der Waals surface area contributed by atoms with Crippen molar-refractivity contribution in [3.8, 4) is 0 Å². The van der Waals surface area contributed by atoms with Crippen molar-refractivity contribution in [3.05, 3.63) is 33.8 Å². The van der Waals surface area contributed by atoms with Crippen molar-refractivity contribution < 1.29 is 0 Å². The summed E-state index contributed by atoms with van der Waals surface area (Å²) in [6.07, 6.45) is 2.75. The Hall–Kier alpha value is -1.24. The predicted octanol–water partition coefficient (Wildman–Crippen LogP) is 4.42. The van der Waals surface area contributed by atoms with Gasteiger partial charge in [0.05, 0.1) is 6.67 Å². The molecule has 0 spiro atoms. The van der Waals surface area contributed by atoms with E-state index in [4.69, 9.17) is 12.2 Å². The lowest BCUT2D eigenvalue weighted by Gasteiger charge is -2.19. The summed E-state index contributed by atoms with van der Waals surface area (Å²) in [7, 11) is 0. The van der Waals surface area contributed by atoms with Gasteiger partial charge in [-0.15, -0.1) is 5.10 Å². The molecule has 0 bridgehead atoms. The first kappa shape index (κ1) is 15.6. The third-order valence-electron chi connectivity index (χ3n) is 3.87. The third kappa shape index (κ3) is 4.15. The second-order valence-electron chi connectivity index (χ2n) is 5.92. The molecule has 0 amide bonds. The highest BCUT2D eigenvalue weighted by Gasteiger charge is 2.24. The van der Waals surface area contributed by atoms with Crippen molar-refractivity contribution in [2.45, 2.75) is 33.4 Å². The van der Waals surface area contributed by atoms with Crippen LogP contribution in [0.1, 0.15) is 25.3 Å². The van der Waals surface area contributed by atoms with E-state index in [9.17, 15) is 0 Å². The number of aryl methyl sites for hydroxylation is 1. The summed E-state index contributed by atoms with van der Waals surface area (Å²) in [6.45, 7) is 7.28. The fourth-order valence-electron chi connectivity index (χ4n) is 2.43. The lowest BCUT2D eigenvalue weighted by Crippen LogP contribution is -2.28. The number of nitrogens with zero attached hydrogens (tertiary/aromatic N) is 3. The SMILES string of the molecule is CCN(CC1CC1)Cn1nc(Nc2cccc(C)c2)sc1=S. The van der Waals surface area contributed by atoms with Crippen LogP contribution >= 0.6 is 23.6 Å². The molecule has 0 saturated heterocycles. The van der Waals surface area contributed by atoms with Gasteiger partial charge in [-0.25, -0.2) is 4.68 Å². The van der Waals surface area contributed by atoms with Crippen LogP contribution in [0.4, 0.5) is 10.8 Å². The third-order valence-corrected chi connectivity index (χ3v) is 5.09. The molecule has 4 nitrogen and oxygen atoms in total. The lowest BCUT2D eigenvalue weighted by atomic mass is 10.2. The maximum atomic E-state index is 5.46. The average Bonchev–Trinajstić information content (AvgIpc) is 3.23. The monoisotopic (exact) mass is 334 g/mol. The summed E-state index contributed by atoms with van der Waals surface area (Å²) in [6, 6.07) is 8.29. The van der Waals surface area contributed by atoms with Crippen molar-refractivity contribution in [2.24, 2.45) is 5.92 Å². The molecule has 1 aromatic heterocycles. The quantitative estimate of drug-likeness (QED) is 0.760. The number of aromatic nitrogens is 2. The van der Waals surface area contributed by atoms with Gasteiger partial charge in [-0.05, 0) is 62.1 Å². The van der Waals surface area contributed by atoms with E-state index in [0.717, 1.165) is 40.4 Å². The standard InChI is InChI=1S/C16H22N4S2/c1-3-19(10-13-7-8-13)11-20-16(21)22-15(18-20)17-14-6-4-5-12(2)9-14/h4-6,9,13H,3,7-8,10-11H2,1-2H3,(H,17,18). The van der Waals surface area contributed by atoms with Gasteiger partial charge in [-0.2, -0.15) is 0 Å². The van der Waals surface area contributed by atoms with Crippen LogP contribution in [0.15, 0.2) is 24.3 Å². The van der Waals surface area contributed by atoms with Crippen molar-refractivity contribution in [2.75, 3.05) is 18.4 Å². The molecular formula is C16H22N4S2. The van der Waals surface area contributed by atoms with Crippen LogP contribution in [0.2, 0.25) is 0 Å². The van der Waals surface area contributed by atoms with Crippen LogP contribution in [0.5, 0.6) is 0 Å². The maximum Gasteiger partial charge on any atom is 0.209 e. The lowest BCUT2D eigenvalue weighted by molar-refractivity contribution is 0.208. The Labute approximate surface area is 140 Å². The smallest absolute Gasteiger partial charge is 0.209 e. The van der Waals surface area contributed by atoms with Gasteiger partial charge in [0.15, 0.2) is 3.95 Å². The predicted molar refractivity (Wildman–Crippen MR) is 95.4 cm³/mol. The molecule has 1 N–H and O–H groups in total. The summed E-state index contributed by atoms with van der Waals surface area (Å²) in [5.41, 5.74) is 2.29. The van der Waals surface area contributed by atoms with E-state index in [-0.39, 0.29) is 0 Å². The molecule has 1 heterocycles. The van der Waals surface area contributed by atoms with Gasteiger partial charge in [-0.3, -0.25) is 4.90 Å². The minimum absolute atomic E-state index is 0.790. The number of anilines is 2. The average molecular weight is 335 g/mol. The van der Waals surface area contributed by atoms with Gasteiger partial charge in [0.2, 0.25) is 5.13 Å². The molecule has 6 heteroatoms. The Morgan fingerprint density at radius 2 is 2.27 bits per heavy atom. The first-order valence-corrected chi connectivity index (χ1v) is 9.00. The molecule has 1 fully saturated rings. The van der Waals surface area contributed by atoms with Gasteiger partial charge in [0.1, 0.15) is 0 Å². The first-order chi connectivity index (χ1) is 10.6. The van der Waals surface area contributed by atoms with Gasteiger partial charge in [0.25, 0.3) is 0 Å². The van der Waals surface area contributed by atoms with E-state index in [0.29, 0.717) is 0 Å². The van der Waals surface area contributed by atoms with Crippen molar-refractivity contribution in [3.63, 3.8) is 0 Å². The fourth-order valence-corrected chi connectivity index (χ4v) is 3.45. The van der Waals surface area contributed by atoms with Crippen molar-refractivity contribution in [1.29, 1.82) is 0 Å². The molecule has 1 aliphatic carbocycles. The molecular weight excluding hydrogens is 312 g/mol. The van der Waals surface area contributed by atoms with Gasteiger partial charge < -0.3 is 5.32 Å². The number of benzene rings is 1. The Kier molecular flexibility index (Phi) is 4.90. The molecule has 3 rings (SSSR count). The number of nitrogens with one attached hydrogen (secondary N) is 1. The summed E-state index contributed by atoms with van der Waals surface area (Å²) in [4.78, 5) is 2.42. The normalized spacial score (nSPS) is 14.5. The van der Waals surface area contributed by atoms with Crippen LogP contribution in [0.25, 0.3) is 0 Å². The fraction of sp³-hybridized carbons (Fsp3) is 0.500. The highest BCUT2D eigenvalue weighted by Crippen LogP contribution is 2.30. The molecule has 0 radical (unpaired) electrons. The number of hydrogen-bond donors (Lipinski definition) is 1. The van der Waals surface area contributed by atoms with E-state index < -0.39 is 0 Å². The minimum atomic E-state index is 0.790. The highest BCUT2D eigenvalue weighted by atomic mass is 32.1. The Balaban J connectivity index is 1.68.